The molecule has 2 saturated heterocycles. The first-order valence-electron chi connectivity index (χ1n) is 5.61. The summed E-state index contributed by atoms with van der Waals surface area (Å²) in [5, 5.41) is 0. The molecular weight excluding hydrogens is 210 g/mol. The van der Waals surface area contributed by atoms with E-state index in [0.29, 0.717) is 17.9 Å². The molecule has 0 aliphatic carbocycles. The van der Waals surface area contributed by atoms with Crippen LogP contribution in [0.2, 0.25) is 0 Å². The zero-order chi connectivity index (χ0) is 11.0. The topological polar surface area (TPSA) is 29.5 Å². The standard InChI is InChI=1S/C11H20NO2S/c1-8(2)9-6-14-11-4-5-15(3)7-10(13)12(9)11/h8-9,11H,4-7H2,1-3H3/q+1/t9-,11-,15?/m1/s1. The summed E-state index contributed by atoms with van der Waals surface area (Å²) in [6, 6.07) is 0.303. The molecule has 1 amide bonds. The Morgan fingerprint density at radius 3 is 2.93 bits per heavy atom. The first-order valence-corrected chi connectivity index (χ1v) is 7.58. The van der Waals surface area contributed by atoms with Crippen LogP contribution in [-0.4, -0.2) is 47.4 Å². The molecule has 0 saturated carbocycles. The van der Waals surface area contributed by atoms with E-state index in [-0.39, 0.29) is 17.1 Å². The van der Waals surface area contributed by atoms with Gasteiger partial charge in [0.05, 0.1) is 18.9 Å². The fourth-order valence-electron chi connectivity index (χ4n) is 2.32. The third-order valence-electron chi connectivity index (χ3n) is 3.27. The molecule has 0 aromatic heterocycles. The Kier molecular flexibility index (Phi) is 3.26. The fourth-order valence-corrected chi connectivity index (χ4v) is 3.64. The third kappa shape index (κ3) is 2.16. The fraction of sp³-hybridized carbons (Fsp3) is 0.909. The predicted molar refractivity (Wildman–Crippen MR) is 62.9 cm³/mol. The number of carbonyl (C=O) groups is 1. The number of hydrogen-bond acceptors (Lipinski definition) is 2. The van der Waals surface area contributed by atoms with Gasteiger partial charge in [0.15, 0.2) is 5.75 Å². The maximum absolute atomic E-state index is 12.1. The number of nitrogens with zero attached hydrogens (tertiary/aromatic N) is 1. The first-order chi connectivity index (χ1) is 7.09. The minimum Gasteiger partial charge on any atom is -0.356 e. The van der Waals surface area contributed by atoms with Crippen LogP contribution in [0.3, 0.4) is 0 Å². The monoisotopic (exact) mass is 230 g/mol. The van der Waals surface area contributed by atoms with E-state index >= 15 is 0 Å². The largest absolute Gasteiger partial charge is 0.356 e. The van der Waals surface area contributed by atoms with Gasteiger partial charge in [0, 0.05) is 6.42 Å². The minimum atomic E-state index is 0.0716. The number of fused-ring (bicyclic) bond motifs is 1. The smallest absolute Gasteiger partial charge is 0.274 e. The van der Waals surface area contributed by atoms with Crippen LogP contribution in [0.25, 0.3) is 0 Å². The van der Waals surface area contributed by atoms with Gasteiger partial charge in [-0.1, -0.05) is 13.8 Å². The molecule has 0 bridgehead atoms. The van der Waals surface area contributed by atoms with Crippen LogP contribution in [0, 0.1) is 5.92 Å². The number of amides is 1. The quantitative estimate of drug-likeness (QED) is 0.625. The molecule has 2 rings (SSSR count). The molecule has 2 fully saturated rings. The van der Waals surface area contributed by atoms with E-state index < -0.39 is 0 Å². The van der Waals surface area contributed by atoms with Crippen LogP contribution in [0.5, 0.6) is 0 Å². The molecule has 2 aliphatic heterocycles. The number of ether oxygens (including phenoxy) is 1. The molecule has 3 nitrogen and oxygen atoms in total. The number of carbonyl (C=O) groups excluding carboxylic acids is 1. The van der Waals surface area contributed by atoms with Crippen molar-refractivity contribution in [1.82, 2.24) is 4.90 Å². The molecule has 86 valence electrons. The van der Waals surface area contributed by atoms with Crippen molar-refractivity contribution in [2.75, 3.05) is 24.4 Å². The van der Waals surface area contributed by atoms with Gasteiger partial charge in [-0.2, -0.15) is 0 Å². The zero-order valence-electron chi connectivity index (χ0n) is 9.73. The number of hydrogen-bond donors (Lipinski definition) is 0. The lowest BCUT2D eigenvalue weighted by atomic mass is 10.0. The summed E-state index contributed by atoms with van der Waals surface area (Å²) < 4.78 is 5.74. The van der Waals surface area contributed by atoms with Crippen molar-refractivity contribution in [3.63, 3.8) is 0 Å². The van der Waals surface area contributed by atoms with Crippen LogP contribution in [0.15, 0.2) is 0 Å². The number of rotatable bonds is 1. The average molecular weight is 230 g/mol. The van der Waals surface area contributed by atoms with Crippen LogP contribution >= 0.6 is 0 Å². The zero-order valence-corrected chi connectivity index (χ0v) is 10.5. The van der Waals surface area contributed by atoms with Gasteiger partial charge in [-0.15, -0.1) is 0 Å². The molecular formula is C11H20NO2S+. The van der Waals surface area contributed by atoms with Crippen molar-refractivity contribution in [2.45, 2.75) is 32.5 Å². The molecule has 15 heavy (non-hydrogen) atoms. The molecule has 4 heteroatoms. The molecule has 0 aromatic rings. The average Bonchev–Trinajstić information content (AvgIpc) is 2.52. The van der Waals surface area contributed by atoms with Crippen molar-refractivity contribution in [2.24, 2.45) is 5.92 Å². The van der Waals surface area contributed by atoms with Crippen LogP contribution in [0.4, 0.5) is 0 Å². The van der Waals surface area contributed by atoms with Crippen LogP contribution < -0.4 is 0 Å². The summed E-state index contributed by atoms with van der Waals surface area (Å²) >= 11 is 0. The first kappa shape index (κ1) is 11.3. The second kappa shape index (κ2) is 4.34. The van der Waals surface area contributed by atoms with Gasteiger partial charge in [0.1, 0.15) is 12.0 Å². The lowest BCUT2D eigenvalue weighted by molar-refractivity contribution is -0.135. The van der Waals surface area contributed by atoms with Gasteiger partial charge in [-0.25, -0.2) is 0 Å². The molecule has 2 heterocycles. The highest BCUT2D eigenvalue weighted by molar-refractivity contribution is 7.96. The Morgan fingerprint density at radius 2 is 2.27 bits per heavy atom. The second-order valence-electron chi connectivity index (χ2n) is 4.82. The van der Waals surface area contributed by atoms with Crippen LogP contribution in [-0.2, 0) is 20.4 Å². The van der Waals surface area contributed by atoms with E-state index in [1.54, 1.807) is 0 Å². The Hall–Kier alpha value is -0.220. The van der Waals surface area contributed by atoms with E-state index in [1.165, 1.54) is 0 Å². The molecule has 1 unspecified atom stereocenters. The van der Waals surface area contributed by atoms with Gasteiger partial charge in [-0.05, 0) is 16.8 Å². The van der Waals surface area contributed by atoms with Gasteiger partial charge in [0.25, 0.3) is 5.91 Å². The Morgan fingerprint density at radius 1 is 1.53 bits per heavy atom. The predicted octanol–water partition coefficient (Wildman–Crippen LogP) is 0.848. The summed E-state index contributed by atoms with van der Waals surface area (Å²) in [7, 11) is 0.254. The van der Waals surface area contributed by atoms with Gasteiger partial charge < -0.3 is 9.64 Å². The highest BCUT2D eigenvalue weighted by atomic mass is 32.2. The lowest BCUT2D eigenvalue weighted by Gasteiger charge is -2.27. The van der Waals surface area contributed by atoms with Gasteiger partial charge in [-0.3, -0.25) is 4.79 Å². The maximum atomic E-state index is 12.1. The molecule has 0 aromatic carbocycles. The van der Waals surface area contributed by atoms with E-state index in [4.69, 9.17) is 4.74 Å². The highest BCUT2D eigenvalue weighted by Crippen LogP contribution is 2.27. The highest BCUT2D eigenvalue weighted by Gasteiger charge is 2.43. The van der Waals surface area contributed by atoms with Crippen molar-refractivity contribution in [3.05, 3.63) is 0 Å². The summed E-state index contributed by atoms with van der Waals surface area (Å²) in [5.41, 5.74) is 0. The van der Waals surface area contributed by atoms with E-state index in [0.717, 1.165) is 24.5 Å². The lowest BCUT2D eigenvalue weighted by Crippen LogP contribution is -2.44. The Balaban J connectivity index is 2.15. The van der Waals surface area contributed by atoms with Crippen molar-refractivity contribution >= 4 is 16.8 Å². The van der Waals surface area contributed by atoms with E-state index in [2.05, 4.69) is 20.1 Å². The normalized spacial score (nSPS) is 36.9. The Bertz CT molecular complexity index is 257. The van der Waals surface area contributed by atoms with Gasteiger partial charge >= 0.3 is 0 Å². The summed E-state index contributed by atoms with van der Waals surface area (Å²) in [4.78, 5) is 14.1. The minimum absolute atomic E-state index is 0.0716. The molecule has 0 radical (unpaired) electrons. The molecule has 0 N–H and O–H groups in total. The van der Waals surface area contributed by atoms with E-state index in [1.807, 2.05) is 4.90 Å². The van der Waals surface area contributed by atoms with E-state index in [9.17, 15) is 4.79 Å². The maximum Gasteiger partial charge on any atom is 0.274 e. The molecule has 2 aliphatic rings. The molecule has 3 atom stereocenters. The van der Waals surface area contributed by atoms with Crippen molar-refractivity contribution < 1.29 is 9.53 Å². The van der Waals surface area contributed by atoms with Crippen molar-refractivity contribution in [1.29, 1.82) is 0 Å². The molecule has 0 spiro atoms. The van der Waals surface area contributed by atoms with Crippen LogP contribution in [0.1, 0.15) is 20.3 Å². The van der Waals surface area contributed by atoms with Gasteiger partial charge in [0.2, 0.25) is 0 Å². The second-order valence-corrected chi connectivity index (χ2v) is 7.08. The summed E-state index contributed by atoms with van der Waals surface area (Å²) in [6.45, 7) is 5.06. The van der Waals surface area contributed by atoms with Crippen molar-refractivity contribution in [3.8, 4) is 0 Å². The summed E-state index contributed by atoms with van der Waals surface area (Å²) in [5.74, 6) is 2.66. The SMILES string of the molecule is CC(C)[C@H]1CO[C@@H]2CC[S+](C)CC(=O)N12. The summed E-state index contributed by atoms with van der Waals surface area (Å²) in [6.07, 6.45) is 3.28. The Labute approximate surface area is 94.5 Å². The third-order valence-corrected chi connectivity index (χ3v) is 4.94.